The van der Waals surface area contributed by atoms with Crippen LogP contribution in [0.3, 0.4) is 0 Å². The van der Waals surface area contributed by atoms with Crippen LogP contribution >= 0.6 is 11.8 Å². The highest BCUT2D eigenvalue weighted by molar-refractivity contribution is 8.00. The Morgan fingerprint density at radius 1 is 1.10 bits per heavy atom. The molecule has 1 aliphatic heterocycles. The molecule has 2 rings (SSSR count). The van der Waals surface area contributed by atoms with E-state index in [1.807, 2.05) is 29.2 Å². The van der Waals surface area contributed by atoms with Gasteiger partial charge in [-0.25, -0.2) is 0 Å². The van der Waals surface area contributed by atoms with Gasteiger partial charge in [0.25, 0.3) is 5.91 Å². The van der Waals surface area contributed by atoms with Gasteiger partial charge in [-0.3, -0.25) is 9.59 Å². The van der Waals surface area contributed by atoms with Gasteiger partial charge in [0, 0.05) is 18.0 Å². The van der Waals surface area contributed by atoms with Crippen LogP contribution in [0.5, 0.6) is 0 Å². The summed E-state index contributed by atoms with van der Waals surface area (Å²) in [6.07, 6.45) is 4.54. The Labute approximate surface area is 123 Å². The zero-order chi connectivity index (χ0) is 14.4. The first-order chi connectivity index (χ1) is 9.68. The number of likely N-dealkylation sites (tertiary alicyclic amines) is 1. The standard InChI is InChI=1S/C15H20N2O2S/c16-14(18)11-20-13-8-4-3-7-12(13)15(19)17-9-5-1-2-6-10-17/h3-4,7-8H,1-2,5-6,9-11H2,(H2,16,18). The minimum Gasteiger partial charge on any atom is -0.369 e. The van der Waals surface area contributed by atoms with E-state index in [1.165, 1.54) is 24.6 Å². The van der Waals surface area contributed by atoms with E-state index >= 15 is 0 Å². The Kier molecular flexibility index (Phi) is 5.47. The molecule has 1 saturated heterocycles. The predicted octanol–water partition coefficient (Wildman–Crippen LogP) is 2.28. The number of benzene rings is 1. The number of primary amides is 1. The van der Waals surface area contributed by atoms with Gasteiger partial charge in [0.2, 0.25) is 5.91 Å². The van der Waals surface area contributed by atoms with Gasteiger partial charge < -0.3 is 10.6 Å². The molecule has 0 bridgehead atoms. The van der Waals surface area contributed by atoms with E-state index in [0.717, 1.165) is 30.8 Å². The first-order valence-corrected chi connectivity index (χ1v) is 7.96. The lowest BCUT2D eigenvalue weighted by Crippen LogP contribution is -2.32. The monoisotopic (exact) mass is 292 g/mol. The molecule has 0 unspecified atom stereocenters. The molecule has 2 amide bonds. The largest absolute Gasteiger partial charge is 0.369 e. The molecule has 1 aliphatic rings. The van der Waals surface area contributed by atoms with Crippen LogP contribution in [0.15, 0.2) is 29.2 Å². The van der Waals surface area contributed by atoms with Crippen molar-refractivity contribution in [2.75, 3.05) is 18.8 Å². The van der Waals surface area contributed by atoms with Crippen molar-refractivity contribution in [3.63, 3.8) is 0 Å². The SMILES string of the molecule is NC(=O)CSc1ccccc1C(=O)N1CCCCCC1. The van der Waals surface area contributed by atoms with Gasteiger partial charge in [0.15, 0.2) is 0 Å². The van der Waals surface area contributed by atoms with Gasteiger partial charge >= 0.3 is 0 Å². The van der Waals surface area contributed by atoms with Crippen LogP contribution in [0, 0.1) is 0 Å². The van der Waals surface area contributed by atoms with E-state index < -0.39 is 0 Å². The molecule has 5 heteroatoms. The summed E-state index contributed by atoms with van der Waals surface area (Å²) < 4.78 is 0. The first kappa shape index (κ1) is 14.9. The molecule has 0 aromatic heterocycles. The Morgan fingerprint density at radius 2 is 1.75 bits per heavy atom. The van der Waals surface area contributed by atoms with Crippen LogP contribution in [0.2, 0.25) is 0 Å². The summed E-state index contributed by atoms with van der Waals surface area (Å²) in [7, 11) is 0. The number of amides is 2. The molecule has 1 aromatic carbocycles. The maximum atomic E-state index is 12.6. The molecule has 1 aromatic rings. The second kappa shape index (κ2) is 7.33. The molecule has 108 valence electrons. The molecule has 0 radical (unpaired) electrons. The van der Waals surface area contributed by atoms with Gasteiger partial charge in [-0.1, -0.05) is 25.0 Å². The molecular formula is C15H20N2O2S. The van der Waals surface area contributed by atoms with Crippen LogP contribution in [-0.2, 0) is 4.79 Å². The third kappa shape index (κ3) is 4.00. The topological polar surface area (TPSA) is 63.4 Å². The van der Waals surface area contributed by atoms with E-state index in [4.69, 9.17) is 5.73 Å². The van der Waals surface area contributed by atoms with Crippen molar-refractivity contribution in [2.24, 2.45) is 5.73 Å². The maximum absolute atomic E-state index is 12.6. The summed E-state index contributed by atoms with van der Waals surface area (Å²) in [6, 6.07) is 7.44. The number of carbonyl (C=O) groups excluding carboxylic acids is 2. The third-order valence-corrected chi connectivity index (χ3v) is 4.48. The number of carbonyl (C=O) groups is 2. The predicted molar refractivity (Wildman–Crippen MR) is 80.7 cm³/mol. The zero-order valence-electron chi connectivity index (χ0n) is 11.5. The highest BCUT2D eigenvalue weighted by atomic mass is 32.2. The van der Waals surface area contributed by atoms with Gasteiger partial charge in [-0.15, -0.1) is 11.8 Å². The average Bonchev–Trinajstić information content (AvgIpc) is 2.73. The Morgan fingerprint density at radius 3 is 2.40 bits per heavy atom. The summed E-state index contributed by atoms with van der Waals surface area (Å²) in [5.74, 6) is -0.101. The van der Waals surface area contributed by atoms with E-state index in [-0.39, 0.29) is 17.6 Å². The fourth-order valence-electron chi connectivity index (χ4n) is 2.36. The zero-order valence-corrected chi connectivity index (χ0v) is 12.3. The van der Waals surface area contributed by atoms with Crippen molar-refractivity contribution in [3.8, 4) is 0 Å². The molecule has 1 heterocycles. The van der Waals surface area contributed by atoms with Crippen molar-refractivity contribution in [1.29, 1.82) is 0 Å². The lowest BCUT2D eigenvalue weighted by Gasteiger charge is -2.21. The second-order valence-corrected chi connectivity index (χ2v) is 5.97. The fraction of sp³-hybridized carbons (Fsp3) is 0.467. The van der Waals surface area contributed by atoms with Crippen molar-refractivity contribution in [2.45, 2.75) is 30.6 Å². The lowest BCUT2D eigenvalue weighted by molar-refractivity contribution is -0.115. The summed E-state index contributed by atoms with van der Waals surface area (Å²) >= 11 is 1.33. The fourth-order valence-corrected chi connectivity index (χ4v) is 3.15. The first-order valence-electron chi connectivity index (χ1n) is 6.98. The summed E-state index contributed by atoms with van der Waals surface area (Å²) in [6.45, 7) is 1.65. The van der Waals surface area contributed by atoms with Crippen molar-refractivity contribution in [3.05, 3.63) is 29.8 Å². The van der Waals surface area contributed by atoms with E-state index in [1.54, 1.807) is 0 Å². The van der Waals surface area contributed by atoms with Crippen LogP contribution in [0.25, 0.3) is 0 Å². The second-order valence-electron chi connectivity index (χ2n) is 4.96. The molecule has 0 aliphatic carbocycles. The number of nitrogens with zero attached hydrogens (tertiary/aromatic N) is 1. The van der Waals surface area contributed by atoms with Crippen molar-refractivity contribution >= 4 is 23.6 Å². The van der Waals surface area contributed by atoms with Gasteiger partial charge in [0.05, 0.1) is 11.3 Å². The van der Waals surface area contributed by atoms with Gasteiger partial charge in [0.1, 0.15) is 0 Å². The van der Waals surface area contributed by atoms with Crippen LogP contribution in [0.4, 0.5) is 0 Å². The highest BCUT2D eigenvalue weighted by Crippen LogP contribution is 2.24. The third-order valence-electron chi connectivity index (χ3n) is 3.38. The van der Waals surface area contributed by atoms with Gasteiger partial charge in [-0.2, -0.15) is 0 Å². The van der Waals surface area contributed by atoms with Crippen molar-refractivity contribution in [1.82, 2.24) is 4.90 Å². The molecule has 2 N–H and O–H groups in total. The number of hydrogen-bond acceptors (Lipinski definition) is 3. The van der Waals surface area contributed by atoms with E-state index in [2.05, 4.69) is 0 Å². The minimum atomic E-state index is -0.368. The molecule has 0 atom stereocenters. The number of hydrogen-bond donors (Lipinski definition) is 1. The number of thioether (sulfide) groups is 1. The molecule has 1 fully saturated rings. The smallest absolute Gasteiger partial charge is 0.254 e. The normalized spacial score (nSPS) is 15.7. The Hall–Kier alpha value is -1.49. The molecule has 0 spiro atoms. The molecule has 4 nitrogen and oxygen atoms in total. The van der Waals surface area contributed by atoms with Crippen LogP contribution in [-0.4, -0.2) is 35.6 Å². The Balaban J connectivity index is 2.13. The Bertz CT molecular complexity index is 483. The van der Waals surface area contributed by atoms with Crippen LogP contribution < -0.4 is 5.73 Å². The highest BCUT2D eigenvalue weighted by Gasteiger charge is 2.19. The average molecular weight is 292 g/mol. The molecular weight excluding hydrogens is 272 g/mol. The summed E-state index contributed by atoms with van der Waals surface area (Å²) in [4.78, 5) is 26.3. The van der Waals surface area contributed by atoms with E-state index in [0.29, 0.717) is 5.56 Å². The van der Waals surface area contributed by atoms with Crippen LogP contribution in [0.1, 0.15) is 36.0 Å². The molecule has 0 saturated carbocycles. The number of nitrogens with two attached hydrogens (primary N) is 1. The van der Waals surface area contributed by atoms with Crippen molar-refractivity contribution < 1.29 is 9.59 Å². The quantitative estimate of drug-likeness (QED) is 0.866. The maximum Gasteiger partial charge on any atom is 0.254 e. The summed E-state index contributed by atoms with van der Waals surface area (Å²) in [5, 5.41) is 0. The van der Waals surface area contributed by atoms with E-state index in [9.17, 15) is 9.59 Å². The molecule has 20 heavy (non-hydrogen) atoms. The minimum absolute atomic E-state index is 0.0690. The lowest BCUT2D eigenvalue weighted by atomic mass is 10.2. The van der Waals surface area contributed by atoms with Gasteiger partial charge in [-0.05, 0) is 25.0 Å². The number of rotatable bonds is 4. The summed E-state index contributed by atoms with van der Waals surface area (Å²) in [5.41, 5.74) is 5.86.